The van der Waals surface area contributed by atoms with Gasteiger partial charge in [0.1, 0.15) is 6.61 Å². The first-order chi connectivity index (χ1) is 8.33. The van der Waals surface area contributed by atoms with Crippen LogP contribution in [0.1, 0.15) is 12.6 Å². The number of hydrogen-bond donors (Lipinski definition) is 0. The van der Waals surface area contributed by atoms with Gasteiger partial charge in [0.05, 0.1) is 5.69 Å². The number of nitrogens with zero attached hydrogens (tertiary/aromatic N) is 1. The molecule has 100 valence electrons. The standard InChI is InChI=1S/C13H21NO3Si/c1-12(11-8-6-7-9-14-11)13(15-2,10-16-12)17-18(3,4)5/h6-9H,10H2,1-5H3. The van der Waals surface area contributed by atoms with E-state index in [9.17, 15) is 0 Å². The van der Waals surface area contributed by atoms with Gasteiger partial charge in [-0.05, 0) is 38.7 Å². The lowest BCUT2D eigenvalue weighted by Crippen LogP contribution is -2.69. The maximum atomic E-state index is 6.23. The van der Waals surface area contributed by atoms with Crippen molar-refractivity contribution in [1.29, 1.82) is 0 Å². The molecule has 2 rings (SSSR count). The van der Waals surface area contributed by atoms with Gasteiger partial charge in [0.2, 0.25) is 5.79 Å². The molecule has 1 aliphatic heterocycles. The van der Waals surface area contributed by atoms with Crippen molar-refractivity contribution in [3.05, 3.63) is 30.1 Å². The molecule has 0 bridgehead atoms. The Bertz CT molecular complexity index is 416. The molecule has 0 amide bonds. The fourth-order valence-corrected chi connectivity index (χ4v) is 3.56. The molecule has 0 spiro atoms. The fraction of sp³-hybridized carbons (Fsp3) is 0.615. The molecule has 1 aromatic rings. The maximum absolute atomic E-state index is 6.23. The van der Waals surface area contributed by atoms with Gasteiger partial charge in [0.15, 0.2) is 13.9 Å². The van der Waals surface area contributed by atoms with Gasteiger partial charge >= 0.3 is 0 Å². The molecule has 2 heterocycles. The van der Waals surface area contributed by atoms with Crippen LogP contribution in [-0.4, -0.2) is 32.8 Å². The molecule has 0 aliphatic carbocycles. The van der Waals surface area contributed by atoms with E-state index < -0.39 is 19.7 Å². The van der Waals surface area contributed by atoms with Gasteiger partial charge in [-0.2, -0.15) is 0 Å². The Morgan fingerprint density at radius 1 is 1.33 bits per heavy atom. The molecular formula is C13H21NO3Si. The van der Waals surface area contributed by atoms with Crippen LogP contribution >= 0.6 is 0 Å². The van der Waals surface area contributed by atoms with Gasteiger partial charge in [-0.3, -0.25) is 4.98 Å². The highest BCUT2D eigenvalue weighted by Gasteiger charge is 2.63. The van der Waals surface area contributed by atoms with E-state index in [-0.39, 0.29) is 0 Å². The molecule has 1 saturated heterocycles. The predicted molar refractivity (Wildman–Crippen MR) is 71.7 cm³/mol. The summed E-state index contributed by atoms with van der Waals surface area (Å²) in [5.41, 5.74) is 0.208. The zero-order chi connectivity index (χ0) is 13.4. The Labute approximate surface area is 109 Å². The van der Waals surface area contributed by atoms with Crippen LogP contribution in [0.3, 0.4) is 0 Å². The van der Waals surface area contributed by atoms with Crippen LogP contribution in [0.25, 0.3) is 0 Å². The number of ether oxygens (including phenoxy) is 2. The molecule has 2 atom stereocenters. The van der Waals surface area contributed by atoms with E-state index in [1.807, 2.05) is 25.1 Å². The molecule has 0 N–H and O–H groups in total. The lowest BCUT2D eigenvalue weighted by Gasteiger charge is -2.56. The summed E-state index contributed by atoms with van der Waals surface area (Å²) in [6.45, 7) is 8.85. The first-order valence-corrected chi connectivity index (χ1v) is 9.55. The molecule has 0 aromatic carbocycles. The zero-order valence-electron chi connectivity index (χ0n) is 11.7. The van der Waals surface area contributed by atoms with Crippen molar-refractivity contribution in [2.75, 3.05) is 13.7 Å². The SMILES string of the molecule is COC1(O[Si](C)(C)C)COC1(C)c1ccccn1. The van der Waals surface area contributed by atoms with E-state index in [4.69, 9.17) is 13.9 Å². The third-order valence-electron chi connectivity index (χ3n) is 3.23. The van der Waals surface area contributed by atoms with Crippen LogP contribution in [0.15, 0.2) is 24.4 Å². The van der Waals surface area contributed by atoms with Crippen molar-refractivity contribution in [1.82, 2.24) is 4.98 Å². The number of aromatic nitrogens is 1. The Morgan fingerprint density at radius 2 is 2.06 bits per heavy atom. The van der Waals surface area contributed by atoms with Crippen molar-refractivity contribution in [2.24, 2.45) is 0 Å². The first kappa shape index (κ1) is 13.7. The minimum Gasteiger partial charge on any atom is -0.387 e. The second-order valence-corrected chi connectivity index (χ2v) is 10.1. The van der Waals surface area contributed by atoms with Gasteiger partial charge in [0.25, 0.3) is 0 Å². The monoisotopic (exact) mass is 267 g/mol. The molecule has 2 unspecified atom stereocenters. The molecule has 1 aliphatic rings. The highest BCUT2D eigenvalue weighted by atomic mass is 28.4. The highest BCUT2D eigenvalue weighted by molar-refractivity contribution is 6.69. The van der Waals surface area contributed by atoms with E-state index in [1.54, 1.807) is 13.3 Å². The molecular weight excluding hydrogens is 246 g/mol. The molecule has 18 heavy (non-hydrogen) atoms. The Hall–Kier alpha value is -0.753. The average molecular weight is 267 g/mol. The highest BCUT2D eigenvalue weighted by Crippen LogP contribution is 2.48. The van der Waals surface area contributed by atoms with Gasteiger partial charge in [-0.25, -0.2) is 0 Å². The topological polar surface area (TPSA) is 40.6 Å². The molecule has 5 heteroatoms. The van der Waals surface area contributed by atoms with Crippen LogP contribution in [-0.2, 0) is 19.5 Å². The summed E-state index contributed by atoms with van der Waals surface area (Å²) in [5.74, 6) is -0.716. The molecule has 0 saturated carbocycles. The van der Waals surface area contributed by atoms with E-state index in [1.165, 1.54) is 0 Å². The summed E-state index contributed by atoms with van der Waals surface area (Å²) < 4.78 is 17.7. The quantitative estimate of drug-likeness (QED) is 0.621. The molecule has 1 aromatic heterocycles. The lowest BCUT2D eigenvalue weighted by atomic mass is 9.86. The minimum absolute atomic E-state index is 0.445. The lowest BCUT2D eigenvalue weighted by molar-refractivity contribution is -0.397. The second-order valence-electron chi connectivity index (χ2n) is 5.71. The van der Waals surface area contributed by atoms with Crippen molar-refractivity contribution >= 4 is 8.32 Å². The summed E-state index contributed by atoms with van der Waals surface area (Å²) in [6, 6.07) is 5.78. The summed E-state index contributed by atoms with van der Waals surface area (Å²) in [5, 5.41) is 0. The number of rotatable bonds is 4. The van der Waals surface area contributed by atoms with E-state index in [2.05, 4.69) is 24.6 Å². The van der Waals surface area contributed by atoms with Gasteiger partial charge in [-0.15, -0.1) is 0 Å². The van der Waals surface area contributed by atoms with Gasteiger partial charge < -0.3 is 13.9 Å². The molecule has 1 fully saturated rings. The first-order valence-electron chi connectivity index (χ1n) is 6.14. The molecule has 4 nitrogen and oxygen atoms in total. The summed E-state index contributed by atoms with van der Waals surface area (Å²) in [4.78, 5) is 4.38. The van der Waals surface area contributed by atoms with Crippen molar-refractivity contribution in [2.45, 2.75) is 38.0 Å². The predicted octanol–water partition coefficient (Wildman–Crippen LogP) is 2.52. The third-order valence-corrected chi connectivity index (χ3v) is 4.17. The molecule has 0 radical (unpaired) electrons. The number of methoxy groups -OCH3 is 1. The Morgan fingerprint density at radius 3 is 2.44 bits per heavy atom. The Kier molecular flexibility index (Phi) is 3.35. The van der Waals surface area contributed by atoms with Crippen molar-refractivity contribution < 1.29 is 13.9 Å². The Balaban J connectivity index is 2.33. The smallest absolute Gasteiger partial charge is 0.218 e. The zero-order valence-corrected chi connectivity index (χ0v) is 12.7. The summed E-state index contributed by atoms with van der Waals surface area (Å²) in [7, 11) is -0.0673. The normalized spacial score (nSPS) is 32.1. The van der Waals surface area contributed by atoms with Crippen molar-refractivity contribution in [3.8, 4) is 0 Å². The van der Waals surface area contributed by atoms with Crippen LogP contribution in [0.2, 0.25) is 19.6 Å². The van der Waals surface area contributed by atoms with Gasteiger partial charge in [0, 0.05) is 13.3 Å². The van der Waals surface area contributed by atoms with Crippen LogP contribution < -0.4 is 0 Å². The van der Waals surface area contributed by atoms with Gasteiger partial charge in [-0.1, -0.05) is 6.07 Å². The van der Waals surface area contributed by atoms with Crippen LogP contribution in [0.5, 0.6) is 0 Å². The second kappa shape index (κ2) is 4.42. The largest absolute Gasteiger partial charge is 0.387 e. The van der Waals surface area contributed by atoms with E-state index in [0.717, 1.165) is 5.69 Å². The maximum Gasteiger partial charge on any atom is 0.218 e. The summed E-state index contributed by atoms with van der Waals surface area (Å²) >= 11 is 0. The van der Waals surface area contributed by atoms with Crippen LogP contribution in [0.4, 0.5) is 0 Å². The summed E-state index contributed by atoms with van der Waals surface area (Å²) in [6.07, 6.45) is 1.76. The van der Waals surface area contributed by atoms with Crippen molar-refractivity contribution in [3.63, 3.8) is 0 Å². The number of hydrogen-bond acceptors (Lipinski definition) is 4. The van der Waals surface area contributed by atoms with Crippen LogP contribution in [0, 0.1) is 0 Å². The number of pyridine rings is 1. The fourth-order valence-electron chi connectivity index (χ4n) is 2.24. The van der Waals surface area contributed by atoms with E-state index >= 15 is 0 Å². The third kappa shape index (κ3) is 2.12. The minimum atomic E-state index is -1.74. The average Bonchev–Trinajstić information content (AvgIpc) is 2.33. The van der Waals surface area contributed by atoms with E-state index in [0.29, 0.717) is 6.61 Å².